The van der Waals surface area contributed by atoms with E-state index in [4.69, 9.17) is 12.2 Å². The highest BCUT2D eigenvalue weighted by Crippen LogP contribution is 2.08. The standard InChI is InChI=1S/C8H10N2S2/c1-10(9-8(11)12)7-5-3-2-4-6-7/h2-6H,1H3,(H2,9,11,12). The second-order valence-corrected chi connectivity index (χ2v) is 3.47. The average Bonchev–Trinajstić information content (AvgIpc) is 2.05. The fraction of sp³-hybridized carbons (Fsp3) is 0.125. The summed E-state index contributed by atoms with van der Waals surface area (Å²) in [4.78, 5) is 0. The van der Waals surface area contributed by atoms with Gasteiger partial charge >= 0.3 is 0 Å². The van der Waals surface area contributed by atoms with E-state index in [9.17, 15) is 0 Å². The lowest BCUT2D eigenvalue weighted by molar-refractivity contribution is 0.901. The third-order valence-electron chi connectivity index (χ3n) is 1.41. The average molecular weight is 198 g/mol. The van der Waals surface area contributed by atoms with Crippen molar-refractivity contribution in [3.8, 4) is 0 Å². The highest BCUT2D eigenvalue weighted by atomic mass is 32.1. The summed E-state index contributed by atoms with van der Waals surface area (Å²) in [6.45, 7) is 0. The van der Waals surface area contributed by atoms with Crippen molar-refractivity contribution < 1.29 is 0 Å². The summed E-state index contributed by atoms with van der Waals surface area (Å²) in [5.74, 6) is 0. The van der Waals surface area contributed by atoms with Gasteiger partial charge in [0.1, 0.15) is 4.32 Å². The van der Waals surface area contributed by atoms with Crippen molar-refractivity contribution in [1.29, 1.82) is 0 Å². The first kappa shape index (κ1) is 9.35. The van der Waals surface area contributed by atoms with E-state index < -0.39 is 0 Å². The number of hydrogen-bond donors (Lipinski definition) is 2. The van der Waals surface area contributed by atoms with Crippen molar-refractivity contribution in [1.82, 2.24) is 5.43 Å². The monoisotopic (exact) mass is 198 g/mol. The molecular weight excluding hydrogens is 188 g/mol. The van der Waals surface area contributed by atoms with Gasteiger partial charge in [0, 0.05) is 7.05 Å². The Balaban J connectivity index is 2.65. The lowest BCUT2D eigenvalue weighted by atomic mass is 10.3. The fourth-order valence-electron chi connectivity index (χ4n) is 0.860. The van der Waals surface area contributed by atoms with Crippen LogP contribution in [0.1, 0.15) is 0 Å². The van der Waals surface area contributed by atoms with Crippen LogP contribution >= 0.6 is 24.8 Å². The number of rotatable bonds is 2. The maximum Gasteiger partial charge on any atom is 0.149 e. The molecule has 0 saturated heterocycles. The summed E-state index contributed by atoms with van der Waals surface area (Å²) in [6, 6.07) is 9.87. The predicted octanol–water partition coefficient (Wildman–Crippen LogP) is 1.84. The molecule has 0 aliphatic rings. The molecule has 0 aromatic heterocycles. The van der Waals surface area contributed by atoms with Crippen molar-refractivity contribution in [2.75, 3.05) is 12.1 Å². The van der Waals surface area contributed by atoms with Gasteiger partial charge in [-0.1, -0.05) is 30.4 Å². The fourth-order valence-corrected chi connectivity index (χ4v) is 1.15. The quantitative estimate of drug-likeness (QED) is 0.428. The zero-order valence-corrected chi connectivity index (χ0v) is 8.40. The molecule has 0 aliphatic heterocycles. The summed E-state index contributed by atoms with van der Waals surface area (Å²) in [7, 11) is 1.89. The second kappa shape index (κ2) is 4.33. The van der Waals surface area contributed by atoms with Crippen LogP contribution in [0.3, 0.4) is 0 Å². The van der Waals surface area contributed by atoms with Gasteiger partial charge in [-0.2, -0.15) is 0 Å². The summed E-state index contributed by atoms with van der Waals surface area (Å²) in [5.41, 5.74) is 3.94. The van der Waals surface area contributed by atoms with Gasteiger partial charge in [-0.25, -0.2) is 0 Å². The molecule has 0 heterocycles. The number of thiol groups is 1. The van der Waals surface area contributed by atoms with Gasteiger partial charge < -0.3 is 0 Å². The van der Waals surface area contributed by atoms with E-state index in [1.807, 2.05) is 42.4 Å². The normalized spacial score (nSPS) is 9.17. The molecule has 12 heavy (non-hydrogen) atoms. The highest BCUT2D eigenvalue weighted by molar-refractivity contribution is 8.11. The number of hydrazine groups is 1. The van der Waals surface area contributed by atoms with Crippen molar-refractivity contribution in [2.45, 2.75) is 0 Å². The lowest BCUT2D eigenvalue weighted by Crippen LogP contribution is -2.35. The van der Waals surface area contributed by atoms with E-state index in [1.165, 1.54) is 0 Å². The van der Waals surface area contributed by atoms with Gasteiger partial charge in [-0.05, 0) is 12.1 Å². The first-order valence-corrected chi connectivity index (χ1v) is 4.34. The molecular formula is C8H10N2S2. The molecule has 64 valence electrons. The Kier molecular flexibility index (Phi) is 3.37. The Morgan fingerprint density at radius 1 is 1.42 bits per heavy atom. The molecule has 0 atom stereocenters. The zero-order chi connectivity index (χ0) is 8.97. The summed E-state index contributed by atoms with van der Waals surface area (Å²) < 4.78 is 0.460. The van der Waals surface area contributed by atoms with Crippen LogP contribution in [0.25, 0.3) is 0 Å². The number of para-hydroxylation sites is 1. The molecule has 1 N–H and O–H groups in total. The number of benzene rings is 1. The van der Waals surface area contributed by atoms with E-state index in [0.717, 1.165) is 5.69 Å². The predicted molar refractivity (Wildman–Crippen MR) is 59.6 cm³/mol. The largest absolute Gasteiger partial charge is 0.290 e. The molecule has 0 saturated carbocycles. The van der Waals surface area contributed by atoms with Gasteiger partial charge in [0.05, 0.1) is 5.69 Å². The molecule has 0 unspecified atom stereocenters. The molecule has 1 rings (SSSR count). The minimum atomic E-state index is 0.460. The van der Waals surface area contributed by atoms with Crippen LogP contribution in [-0.4, -0.2) is 11.4 Å². The van der Waals surface area contributed by atoms with Crippen molar-refractivity contribution in [3.63, 3.8) is 0 Å². The second-order valence-electron chi connectivity index (χ2n) is 2.31. The van der Waals surface area contributed by atoms with Crippen LogP contribution in [0.5, 0.6) is 0 Å². The van der Waals surface area contributed by atoms with Crippen LogP contribution in [-0.2, 0) is 0 Å². The summed E-state index contributed by atoms with van der Waals surface area (Å²) in [6.07, 6.45) is 0. The SMILES string of the molecule is CN(NC(=S)S)c1ccccc1. The molecule has 0 fully saturated rings. The van der Waals surface area contributed by atoms with E-state index >= 15 is 0 Å². The number of nitrogens with one attached hydrogen (secondary N) is 1. The van der Waals surface area contributed by atoms with E-state index in [1.54, 1.807) is 0 Å². The van der Waals surface area contributed by atoms with Crippen LogP contribution < -0.4 is 10.4 Å². The van der Waals surface area contributed by atoms with Gasteiger partial charge in [-0.15, -0.1) is 12.6 Å². The highest BCUT2D eigenvalue weighted by Gasteiger charge is 1.97. The van der Waals surface area contributed by atoms with Crippen molar-refractivity contribution in [3.05, 3.63) is 30.3 Å². The van der Waals surface area contributed by atoms with Gasteiger partial charge in [0.25, 0.3) is 0 Å². The van der Waals surface area contributed by atoms with E-state index in [-0.39, 0.29) is 0 Å². The third kappa shape index (κ3) is 2.71. The number of hydrogen-bond acceptors (Lipinski definition) is 2. The Bertz CT molecular complexity index is 261. The molecule has 0 aliphatic carbocycles. The van der Waals surface area contributed by atoms with E-state index in [2.05, 4.69) is 18.1 Å². The zero-order valence-electron chi connectivity index (χ0n) is 6.69. The van der Waals surface area contributed by atoms with Crippen molar-refractivity contribution in [2.24, 2.45) is 0 Å². The Hall–Kier alpha value is -0.740. The smallest absolute Gasteiger partial charge is 0.149 e. The van der Waals surface area contributed by atoms with Crippen molar-refractivity contribution >= 4 is 34.9 Å². The number of thiocarbonyl (C=S) groups is 1. The molecule has 2 nitrogen and oxygen atoms in total. The Morgan fingerprint density at radius 3 is 2.50 bits per heavy atom. The van der Waals surface area contributed by atoms with Crippen LogP contribution in [0.15, 0.2) is 30.3 Å². The maximum absolute atomic E-state index is 4.78. The van der Waals surface area contributed by atoms with Gasteiger partial charge in [0.15, 0.2) is 0 Å². The molecule has 0 amide bonds. The topological polar surface area (TPSA) is 15.3 Å². The third-order valence-corrected chi connectivity index (χ3v) is 1.60. The maximum atomic E-state index is 4.78. The summed E-state index contributed by atoms with van der Waals surface area (Å²) in [5, 5.41) is 1.81. The summed E-state index contributed by atoms with van der Waals surface area (Å²) >= 11 is 8.75. The number of anilines is 1. The van der Waals surface area contributed by atoms with Gasteiger partial charge in [0.2, 0.25) is 0 Å². The first-order valence-electron chi connectivity index (χ1n) is 3.48. The molecule has 1 aromatic rings. The minimum Gasteiger partial charge on any atom is -0.290 e. The van der Waals surface area contributed by atoms with E-state index in [0.29, 0.717) is 4.32 Å². The van der Waals surface area contributed by atoms with Gasteiger partial charge in [-0.3, -0.25) is 10.4 Å². The first-order chi connectivity index (χ1) is 5.70. The lowest BCUT2D eigenvalue weighted by Gasteiger charge is -2.19. The minimum absolute atomic E-state index is 0.460. The molecule has 0 radical (unpaired) electrons. The Morgan fingerprint density at radius 2 is 2.00 bits per heavy atom. The van der Waals surface area contributed by atoms with Crippen LogP contribution in [0.2, 0.25) is 0 Å². The van der Waals surface area contributed by atoms with Crippen LogP contribution in [0.4, 0.5) is 5.69 Å². The molecule has 1 aromatic carbocycles. The molecule has 4 heteroatoms. The Labute approximate surface area is 83.0 Å². The number of nitrogens with zero attached hydrogens (tertiary/aromatic N) is 1. The molecule has 0 bridgehead atoms. The van der Waals surface area contributed by atoms with Crippen LogP contribution in [0, 0.1) is 0 Å². The molecule has 0 spiro atoms.